The van der Waals surface area contributed by atoms with Crippen LogP contribution in [0.25, 0.3) is 54.9 Å². The van der Waals surface area contributed by atoms with Crippen LogP contribution in [-0.4, -0.2) is 25.1 Å². The second-order valence-electron chi connectivity index (χ2n) is 7.44. The maximum absolute atomic E-state index is 13.6. The van der Waals surface area contributed by atoms with Crippen molar-refractivity contribution in [2.24, 2.45) is 0 Å². The van der Waals surface area contributed by atoms with Gasteiger partial charge in [0.05, 0.1) is 11.4 Å². The van der Waals surface area contributed by atoms with Gasteiger partial charge in [0, 0.05) is 56.4 Å². The lowest BCUT2D eigenvalue weighted by Gasteiger charge is -2.04. The van der Waals surface area contributed by atoms with Gasteiger partial charge in [-0.05, 0) is 48.9 Å². The first-order chi connectivity index (χ1) is 15.2. The van der Waals surface area contributed by atoms with Crippen LogP contribution in [-0.2, 0) is 0 Å². The van der Waals surface area contributed by atoms with Gasteiger partial charge in [0.2, 0.25) is 0 Å². The third-order valence-corrected chi connectivity index (χ3v) is 6.44. The zero-order valence-corrected chi connectivity index (χ0v) is 17.3. The van der Waals surface area contributed by atoms with E-state index in [1.54, 1.807) is 6.20 Å². The Kier molecular flexibility index (Phi) is 3.97. The highest BCUT2D eigenvalue weighted by Crippen LogP contribution is 2.37. The molecule has 0 amide bonds. The fourth-order valence-electron chi connectivity index (χ4n) is 3.98. The van der Waals surface area contributed by atoms with Crippen LogP contribution in [0.3, 0.4) is 0 Å². The van der Waals surface area contributed by atoms with E-state index in [9.17, 15) is 4.39 Å². The van der Waals surface area contributed by atoms with E-state index in [0.717, 1.165) is 66.1 Å². The summed E-state index contributed by atoms with van der Waals surface area (Å²) >= 11 is 1.15. The highest BCUT2D eigenvalue weighted by atomic mass is 32.1. The van der Waals surface area contributed by atoms with E-state index >= 15 is 0 Å². The van der Waals surface area contributed by atoms with E-state index < -0.39 is 0 Å². The summed E-state index contributed by atoms with van der Waals surface area (Å²) < 4.78 is 13.6. The highest BCUT2D eigenvalue weighted by molar-refractivity contribution is 7.14. The Morgan fingerprint density at radius 1 is 0.968 bits per heavy atom. The van der Waals surface area contributed by atoms with Gasteiger partial charge < -0.3 is 4.98 Å². The van der Waals surface area contributed by atoms with Crippen molar-refractivity contribution in [1.29, 1.82) is 0 Å². The normalized spacial score (nSPS) is 11.5. The topological polar surface area (TPSA) is 70.2 Å². The van der Waals surface area contributed by atoms with Gasteiger partial charge in [-0.2, -0.15) is 9.49 Å². The van der Waals surface area contributed by atoms with E-state index in [0.29, 0.717) is 5.65 Å². The summed E-state index contributed by atoms with van der Waals surface area (Å²) in [6, 6.07) is 15.5. The molecule has 5 nitrogen and oxygen atoms in total. The number of pyridine rings is 2. The van der Waals surface area contributed by atoms with Crippen molar-refractivity contribution >= 4 is 33.3 Å². The SMILES string of the molecule is Cc1ccncc1-c1cnc2n[nH]c(-c3cc4c(-c5ccc(F)s5)cccc4[nH]3)c2c1. The molecule has 0 aliphatic carbocycles. The second kappa shape index (κ2) is 6.85. The van der Waals surface area contributed by atoms with Crippen molar-refractivity contribution in [3.05, 3.63) is 77.8 Å². The number of H-pyrrole nitrogens is 2. The standard InChI is InChI=1S/C24H16FN5S/c1-13-7-8-26-12-18(13)14-9-17-23(29-30-24(17)27-11-14)20-10-16-15(3-2-4-19(16)28-20)21-5-6-22(25)31-21/h2-12,28H,1H3,(H,27,29,30). The Morgan fingerprint density at radius 3 is 2.74 bits per heavy atom. The Balaban J connectivity index is 1.52. The van der Waals surface area contributed by atoms with Crippen LogP contribution in [0.2, 0.25) is 0 Å². The molecule has 0 saturated heterocycles. The third kappa shape index (κ3) is 2.93. The van der Waals surface area contributed by atoms with Crippen LogP contribution in [0.1, 0.15) is 5.56 Å². The van der Waals surface area contributed by atoms with Crippen molar-refractivity contribution < 1.29 is 4.39 Å². The predicted molar refractivity (Wildman–Crippen MR) is 122 cm³/mol. The summed E-state index contributed by atoms with van der Waals surface area (Å²) in [4.78, 5) is 13.2. The minimum atomic E-state index is -0.188. The molecule has 0 fully saturated rings. The number of thiophene rings is 1. The molecule has 0 atom stereocenters. The fraction of sp³-hybridized carbons (Fsp3) is 0.0417. The molecule has 0 unspecified atom stereocenters. The van der Waals surface area contributed by atoms with Crippen LogP contribution >= 0.6 is 11.3 Å². The van der Waals surface area contributed by atoms with Crippen molar-refractivity contribution in [3.63, 3.8) is 0 Å². The zero-order valence-electron chi connectivity index (χ0n) is 16.5. The number of benzene rings is 1. The highest BCUT2D eigenvalue weighted by Gasteiger charge is 2.15. The molecule has 0 radical (unpaired) electrons. The molecule has 150 valence electrons. The largest absolute Gasteiger partial charge is 0.353 e. The number of aryl methyl sites for hydroxylation is 1. The summed E-state index contributed by atoms with van der Waals surface area (Å²) in [7, 11) is 0. The lowest BCUT2D eigenvalue weighted by Crippen LogP contribution is -1.87. The molecule has 0 bridgehead atoms. The second-order valence-corrected chi connectivity index (χ2v) is 8.47. The Bertz CT molecular complexity index is 1580. The zero-order chi connectivity index (χ0) is 20.9. The van der Waals surface area contributed by atoms with E-state index in [4.69, 9.17) is 0 Å². The van der Waals surface area contributed by atoms with E-state index in [1.807, 2.05) is 42.7 Å². The van der Waals surface area contributed by atoms with E-state index in [-0.39, 0.29) is 5.13 Å². The molecule has 7 heteroatoms. The van der Waals surface area contributed by atoms with Crippen molar-refractivity contribution in [2.45, 2.75) is 6.92 Å². The quantitative estimate of drug-likeness (QED) is 0.347. The minimum Gasteiger partial charge on any atom is -0.353 e. The van der Waals surface area contributed by atoms with Gasteiger partial charge in [-0.1, -0.05) is 12.1 Å². The fourth-order valence-corrected chi connectivity index (χ4v) is 4.75. The average molecular weight is 425 g/mol. The number of hydrogen-bond acceptors (Lipinski definition) is 4. The van der Waals surface area contributed by atoms with Gasteiger partial charge in [-0.3, -0.25) is 10.1 Å². The van der Waals surface area contributed by atoms with Crippen LogP contribution in [0.5, 0.6) is 0 Å². The number of fused-ring (bicyclic) bond motifs is 2. The lowest BCUT2D eigenvalue weighted by molar-refractivity contribution is 0.657. The van der Waals surface area contributed by atoms with Crippen molar-refractivity contribution in [3.8, 4) is 33.0 Å². The summed E-state index contributed by atoms with van der Waals surface area (Å²) in [5, 5.41) is 9.29. The number of nitrogens with one attached hydrogen (secondary N) is 2. The van der Waals surface area contributed by atoms with E-state index in [2.05, 4.69) is 44.2 Å². The van der Waals surface area contributed by atoms with Crippen LogP contribution in [0, 0.1) is 12.1 Å². The molecule has 6 aromatic rings. The number of aromatic amines is 2. The summed E-state index contributed by atoms with van der Waals surface area (Å²) in [5.74, 6) is 0. The Morgan fingerprint density at radius 2 is 1.90 bits per heavy atom. The number of halogens is 1. The number of nitrogens with zero attached hydrogens (tertiary/aromatic N) is 3. The minimum absolute atomic E-state index is 0.188. The maximum Gasteiger partial charge on any atom is 0.181 e. The monoisotopic (exact) mass is 425 g/mol. The molecule has 5 heterocycles. The van der Waals surface area contributed by atoms with Gasteiger partial charge in [0.1, 0.15) is 0 Å². The van der Waals surface area contributed by atoms with Crippen LogP contribution in [0.15, 0.2) is 67.1 Å². The number of hydrogen-bond donors (Lipinski definition) is 2. The first-order valence-corrected chi connectivity index (χ1v) is 10.6. The van der Waals surface area contributed by atoms with Crippen LogP contribution in [0.4, 0.5) is 4.39 Å². The Hall–Kier alpha value is -3.84. The molecule has 5 aromatic heterocycles. The van der Waals surface area contributed by atoms with Crippen molar-refractivity contribution in [1.82, 2.24) is 25.1 Å². The van der Waals surface area contributed by atoms with Gasteiger partial charge in [0.25, 0.3) is 0 Å². The molecule has 31 heavy (non-hydrogen) atoms. The number of rotatable bonds is 3. The van der Waals surface area contributed by atoms with Gasteiger partial charge in [-0.25, -0.2) is 4.98 Å². The molecular weight excluding hydrogens is 409 g/mol. The molecule has 0 aliphatic rings. The van der Waals surface area contributed by atoms with Gasteiger partial charge in [-0.15, -0.1) is 11.3 Å². The molecule has 2 N–H and O–H groups in total. The van der Waals surface area contributed by atoms with Crippen LogP contribution < -0.4 is 0 Å². The molecule has 0 aliphatic heterocycles. The molecule has 6 rings (SSSR count). The Labute approximate surface area is 180 Å². The third-order valence-electron chi connectivity index (χ3n) is 5.53. The molecular formula is C24H16FN5S. The predicted octanol–water partition coefficient (Wildman–Crippen LogP) is 6.34. The van der Waals surface area contributed by atoms with Crippen molar-refractivity contribution in [2.75, 3.05) is 0 Å². The maximum atomic E-state index is 13.6. The van der Waals surface area contributed by atoms with Gasteiger partial charge >= 0.3 is 0 Å². The van der Waals surface area contributed by atoms with Gasteiger partial charge in [0.15, 0.2) is 10.8 Å². The molecule has 1 aromatic carbocycles. The summed E-state index contributed by atoms with van der Waals surface area (Å²) in [6.45, 7) is 2.06. The first kappa shape index (κ1) is 18.0. The summed E-state index contributed by atoms with van der Waals surface area (Å²) in [5.41, 5.74) is 7.58. The lowest BCUT2D eigenvalue weighted by atomic mass is 10.0. The summed E-state index contributed by atoms with van der Waals surface area (Å²) in [6.07, 6.45) is 5.47. The molecule has 0 spiro atoms. The van der Waals surface area contributed by atoms with E-state index in [1.165, 1.54) is 6.07 Å². The number of aromatic nitrogens is 5. The first-order valence-electron chi connectivity index (χ1n) is 9.80. The average Bonchev–Trinajstić information content (AvgIpc) is 3.50. The smallest absolute Gasteiger partial charge is 0.181 e. The molecule has 0 saturated carbocycles.